The number of fused-ring (bicyclic) bond motifs is 1. The van der Waals surface area contributed by atoms with Gasteiger partial charge in [-0.15, -0.1) is 0 Å². The summed E-state index contributed by atoms with van der Waals surface area (Å²) < 4.78 is 19.2. The number of hydrogen-bond donors (Lipinski definition) is 0. The molecule has 0 aliphatic carbocycles. The summed E-state index contributed by atoms with van der Waals surface area (Å²) in [6.45, 7) is 3.91. The van der Waals surface area contributed by atoms with Crippen LogP contribution in [0, 0.1) is 5.82 Å². The first kappa shape index (κ1) is 14.8. The fraction of sp³-hybridized carbons (Fsp3) is 0.167. The Morgan fingerprint density at radius 2 is 1.86 bits per heavy atom. The van der Waals surface area contributed by atoms with Crippen LogP contribution in [-0.2, 0) is 0 Å². The summed E-state index contributed by atoms with van der Waals surface area (Å²) in [6.07, 6.45) is 1.70. The van der Waals surface area contributed by atoms with E-state index < -0.39 is 0 Å². The first-order chi connectivity index (χ1) is 10.6. The van der Waals surface area contributed by atoms with E-state index in [1.165, 1.54) is 12.1 Å². The first-order valence-electron chi connectivity index (χ1n) is 7.06. The van der Waals surface area contributed by atoms with Crippen LogP contribution in [0.4, 0.5) is 4.39 Å². The number of pyridine rings is 1. The van der Waals surface area contributed by atoms with Gasteiger partial charge in [-0.05, 0) is 49.7 Å². The van der Waals surface area contributed by atoms with E-state index >= 15 is 0 Å². The average molecular weight is 316 g/mol. The van der Waals surface area contributed by atoms with Crippen LogP contribution in [0.1, 0.15) is 13.8 Å². The molecule has 3 aromatic rings. The minimum atomic E-state index is -0.278. The maximum Gasteiger partial charge on any atom is 0.153 e. The molecule has 0 saturated carbocycles. The van der Waals surface area contributed by atoms with E-state index in [4.69, 9.17) is 16.3 Å². The zero-order valence-electron chi connectivity index (χ0n) is 12.3. The third-order valence-electron chi connectivity index (χ3n) is 3.30. The van der Waals surface area contributed by atoms with Crippen molar-refractivity contribution in [1.29, 1.82) is 0 Å². The lowest BCUT2D eigenvalue weighted by Gasteiger charge is -2.17. The normalized spacial score (nSPS) is 11.1. The standard InChI is InChI=1S/C18H15ClFNO/c1-11(2)22-18-15(12-5-7-13(20)8-6-12)10-16(19)14-4-3-9-21-17(14)18/h3-11H,1-2H3. The molecule has 0 saturated heterocycles. The molecular formula is C18H15ClFNO. The Morgan fingerprint density at radius 1 is 1.14 bits per heavy atom. The fourth-order valence-corrected chi connectivity index (χ4v) is 2.64. The van der Waals surface area contributed by atoms with E-state index in [0.717, 1.165) is 16.5 Å². The lowest BCUT2D eigenvalue weighted by Crippen LogP contribution is -2.07. The van der Waals surface area contributed by atoms with Crippen molar-refractivity contribution < 1.29 is 9.13 Å². The predicted molar refractivity (Wildman–Crippen MR) is 87.9 cm³/mol. The fourth-order valence-electron chi connectivity index (χ4n) is 2.38. The third kappa shape index (κ3) is 2.77. The van der Waals surface area contributed by atoms with Crippen molar-refractivity contribution in [3.05, 3.63) is 59.5 Å². The predicted octanol–water partition coefficient (Wildman–Crippen LogP) is 5.48. The van der Waals surface area contributed by atoms with E-state index in [1.807, 2.05) is 32.0 Å². The van der Waals surface area contributed by atoms with Crippen LogP contribution in [0.2, 0.25) is 5.02 Å². The smallest absolute Gasteiger partial charge is 0.153 e. The van der Waals surface area contributed by atoms with Crippen LogP contribution in [0.15, 0.2) is 48.7 Å². The van der Waals surface area contributed by atoms with Crippen LogP contribution in [0.25, 0.3) is 22.0 Å². The molecule has 0 unspecified atom stereocenters. The highest BCUT2D eigenvalue weighted by atomic mass is 35.5. The van der Waals surface area contributed by atoms with E-state index in [9.17, 15) is 4.39 Å². The monoisotopic (exact) mass is 315 g/mol. The minimum Gasteiger partial charge on any atom is -0.488 e. The Morgan fingerprint density at radius 3 is 2.55 bits per heavy atom. The second kappa shape index (κ2) is 5.93. The molecule has 0 aliphatic heterocycles. The van der Waals surface area contributed by atoms with Gasteiger partial charge in [0.05, 0.1) is 11.1 Å². The van der Waals surface area contributed by atoms with Crippen LogP contribution in [0.3, 0.4) is 0 Å². The Labute approximate surface area is 133 Å². The molecule has 0 amide bonds. The van der Waals surface area contributed by atoms with Crippen molar-refractivity contribution in [1.82, 2.24) is 4.98 Å². The molecule has 4 heteroatoms. The molecule has 0 radical (unpaired) electrons. The maximum absolute atomic E-state index is 13.2. The van der Waals surface area contributed by atoms with Gasteiger partial charge < -0.3 is 4.74 Å². The van der Waals surface area contributed by atoms with Crippen molar-refractivity contribution >= 4 is 22.5 Å². The molecule has 0 bridgehead atoms. The van der Waals surface area contributed by atoms with Gasteiger partial charge in [-0.25, -0.2) is 4.39 Å². The molecule has 2 aromatic carbocycles. The van der Waals surface area contributed by atoms with Gasteiger partial charge in [0.25, 0.3) is 0 Å². The van der Waals surface area contributed by atoms with Crippen LogP contribution in [0.5, 0.6) is 5.75 Å². The van der Waals surface area contributed by atoms with Gasteiger partial charge in [-0.3, -0.25) is 4.98 Å². The van der Waals surface area contributed by atoms with E-state index in [0.29, 0.717) is 16.3 Å². The van der Waals surface area contributed by atoms with Crippen molar-refractivity contribution in [2.45, 2.75) is 20.0 Å². The topological polar surface area (TPSA) is 22.1 Å². The summed E-state index contributed by atoms with van der Waals surface area (Å²) in [5.74, 6) is 0.390. The van der Waals surface area contributed by atoms with Gasteiger partial charge in [-0.1, -0.05) is 23.7 Å². The van der Waals surface area contributed by atoms with E-state index in [1.54, 1.807) is 18.3 Å². The van der Waals surface area contributed by atoms with Crippen LogP contribution >= 0.6 is 11.6 Å². The lowest BCUT2D eigenvalue weighted by atomic mass is 10.0. The molecule has 0 atom stereocenters. The molecule has 0 spiro atoms. The van der Waals surface area contributed by atoms with Crippen LogP contribution in [-0.4, -0.2) is 11.1 Å². The number of aromatic nitrogens is 1. The zero-order valence-corrected chi connectivity index (χ0v) is 13.1. The van der Waals surface area contributed by atoms with Crippen molar-refractivity contribution in [2.75, 3.05) is 0 Å². The molecule has 0 fully saturated rings. The molecule has 112 valence electrons. The van der Waals surface area contributed by atoms with E-state index in [2.05, 4.69) is 4.98 Å². The first-order valence-corrected chi connectivity index (χ1v) is 7.44. The summed E-state index contributed by atoms with van der Waals surface area (Å²) >= 11 is 6.38. The quantitative estimate of drug-likeness (QED) is 0.638. The van der Waals surface area contributed by atoms with Gasteiger partial charge in [0, 0.05) is 17.1 Å². The Kier molecular flexibility index (Phi) is 3.99. The Bertz CT molecular complexity index is 815. The Balaban J connectivity index is 2.30. The molecule has 3 rings (SSSR count). The number of nitrogens with zero attached hydrogens (tertiary/aromatic N) is 1. The number of halogens is 2. The Hall–Kier alpha value is -2.13. The number of benzene rings is 2. The lowest BCUT2D eigenvalue weighted by molar-refractivity contribution is 0.246. The van der Waals surface area contributed by atoms with Gasteiger partial charge in [0.1, 0.15) is 11.3 Å². The molecule has 22 heavy (non-hydrogen) atoms. The highest BCUT2D eigenvalue weighted by Gasteiger charge is 2.16. The second-order valence-corrected chi connectivity index (χ2v) is 5.72. The van der Waals surface area contributed by atoms with Crippen molar-refractivity contribution in [3.63, 3.8) is 0 Å². The summed E-state index contributed by atoms with van der Waals surface area (Å²) in [7, 11) is 0. The highest BCUT2D eigenvalue weighted by molar-refractivity contribution is 6.36. The molecule has 1 aromatic heterocycles. The van der Waals surface area contributed by atoms with Gasteiger partial charge in [-0.2, -0.15) is 0 Å². The van der Waals surface area contributed by atoms with Gasteiger partial charge >= 0.3 is 0 Å². The zero-order chi connectivity index (χ0) is 15.7. The SMILES string of the molecule is CC(C)Oc1c(-c2ccc(F)cc2)cc(Cl)c2cccnc12. The second-order valence-electron chi connectivity index (χ2n) is 5.31. The molecule has 1 heterocycles. The van der Waals surface area contributed by atoms with Gasteiger partial charge in [0.15, 0.2) is 5.75 Å². The summed E-state index contributed by atoms with van der Waals surface area (Å²) in [5, 5.41) is 1.43. The van der Waals surface area contributed by atoms with E-state index in [-0.39, 0.29) is 11.9 Å². The molecule has 0 aliphatic rings. The third-order valence-corrected chi connectivity index (χ3v) is 3.62. The molecular weight excluding hydrogens is 301 g/mol. The average Bonchev–Trinajstić information content (AvgIpc) is 2.51. The highest BCUT2D eigenvalue weighted by Crippen LogP contribution is 2.40. The molecule has 2 nitrogen and oxygen atoms in total. The number of ether oxygens (including phenoxy) is 1. The summed E-state index contributed by atoms with van der Waals surface area (Å²) in [4.78, 5) is 4.42. The molecule has 0 N–H and O–H groups in total. The number of hydrogen-bond acceptors (Lipinski definition) is 2. The maximum atomic E-state index is 13.2. The van der Waals surface area contributed by atoms with Crippen molar-refractivity contribution in [3.8, 4) is 16.9 Å². The summed E-state index contributed by atoms with van der Waals surface area (Å²) in [5.41, 5.74) is 2.36. The minimum absolute atomic E-state index is 0.00872. The van der Waals surface area contributed by atoms with Crippen LogP contribution < -0.4 is 4.74 Å². The van der Waals surface area contributed by atoms with Crippen molar-refractivity contribution in [2.24, 2.45) is 0 Å². The van der Waals surface area contributed by atoms with Gasteiger partial charge in [0.2, 0.25) is 0 Å². The summed E-state index contributed by atoms with van der Waals surface area (Å²) in [6, 6.07) is 11.9. The largest absolute Gasteiger partial charge is 0.488 e. The number of rotatable bonds is 3.